The summed E-state index contributed by atoms with van der Waals surface area (Å²) >= 11 is 3.44. The van der Waals surface area contributed by atoms with Crippen LogP contribution in [0.3, 0.4) is 0 Å². The van der Waals surface area contributed by atoms with Gasteiger partial charge >= 0.3 is 0 Å². The van der Waals surface area contributed by atoms with E-state index in [4.69, 9.17) is 4.74 Å². The Kier molecular flexibility index (Phi) is 3.46. The fourth-order valence-electron chi connectivity index (χ4n) is 1.38. The van der Waals surface area contributed by atoms with E-state index >= 15 is 0 Å². The van der Waals surface area contributed by atoms with Crippen LogP contribution < -0.4 is 4.74 Å². The van der Waals surface area contributed by atoms with Gasteiger partial charge in [0.25, 0.3) is 0 Å². The van der Waals surface area contributed by atoms with Crippen LogP contribution in [0.15, 0.2) is 24.3 Å². The fraction of sp³-hybridized carbons (Fsp3) is 0.500. The first-order chi connectivity index (χ1) is 6.88. The molecule has 0 aromatic heterocycles. The maximum atomic E-state index is 5.68. The fourth-order valence-corrected chi connectivity index (χ4v) is 1.66. The van der Waals surface area contributed by atoms with Gasteiger partial charge in [-0.3, -0.25) is 0 Å². The Balaban J connectivity index is 1.88. The molecule has 0 bridgehead atoms. The van der Waals surface area contributed by atoms with Crippen LogP contribution in [0.4, 0.5) is 0 Å². The summed E-state index contributed by atoms with van der Waals surface area (Å²) in [4.78, 5) is 0. The summed E-state index contributed by atoms with van der Waals surface area (Å²) in [5, 5.41) is 1.08. The van der Waals surface area contributed by atoms with E-state index in [1.165, 1.54) is 24.8 Å². The maximum Gasteiger partial charge on any atom is 0.119 e. The van der Waals surface area contributed by atoms with Crippen molar-refractivity contribution in [2.75, 3.05) is 5.33 Å². The van der Waals surface area contributed by atoms with Crippen molar-refractivity contribution in [2.45, 2.75) is 31.8 Å². The molecule has 0 heterocycles. The van der Waals surface area contributed by atoms with Crippen LogP contribution in [0.1, 0.15) is 24.8 Å². The summed E-state index contributed by atoms with van der Waals surface area (Å²) in [5.74, 6) is 1.02. The molecular formula is C12H15BrO. The van der Waals surface area contributed by atoms with E-state index < -0.39 is 0 Å². The summed E-state index contributed by atoms with van der Waals surface area (Å²) in [7, 11) is 0. The third-order valence-electron chi connectivity index (χ3n) is 2.35. The molecule has 2 rings (SSSR count). The molecule has 1 fully saturated rings. The largest absolute Gasteiger partial charge is 0.490 e. The minimum atomic E-state index is 0.503. The van der Waals surface area contributed by atoms with Crippen LogP contribution in [-0.4, -0.2) is 11.4 Å². The molecule has 76 valence electrons. The van der Waals surface area contributed by atoms with Crippen molar-refractivity contribution in [2.24, 2.45) is 0 Å². The van der Waals surface area contributed by atoms with Gasteiger partial charge in [0, 0.05) is 5.33 Å². The second-order valence-corrected chi connectivity index (χ2v) is 4.55. The Hall–Kier alpha value is -0.500. The molecule has 1 saturated carbocycles. The van der Waals surface area contributed by atoms with Gasteiger partial charge < -0.3 is 4.74 Å². The zero-order valence-corrected chi connectivity index (χ0v) is 9.79. The first-order valence-electron chi connectivity index (χ1n) is 5.20. The van der Waals surface area contributed by atoms with E-state index in [1.54, 1.807) is 0 Å². The van der Waals surface area contributed by atoms with Gasteiger partial charge in [-0.15, -0.1) is 0 Å². The lowest BCUT2D eigenvalue weighted by molar-refractivity contribution is 0.303. The third kappa shape index (κ3) is 3.02. The number of aryl methyl sites for hydroxylation is 1. The number of halogens is 1. The standard InChI is InChI=1S/C12H15BrO/c13-9-1-2-10-3-5-11(6-4-10)14-12-7-8-12/h3-6,12H,1-2,7-9H2. The molecule has 0 aliphatic heterocycles. The topological polar surface area (TPSA) is 9.23 Å². The smallest absolute Gasteiger partial charge is 0.119 e. The highest BCUT2D eigenvalue weighted by Crippen LogP contribution is 2.26. The van der Waals surface area contributed by atoms with Gasteiger partial charge in [-0.1, -0.05) is 28.1 Å². The first kappa shape index (κ1) is 10.0. The summed E-state index contributed by atoms with van der Waals surface area (Å²) in [6, 6.07) is 8.50. The normalized spacial score (nSPS) is 15.5. The average Bonchev–Trinajstić information content (AvgIpc) is 3.01. The van der Waals surface area contributed by atoms with Gasteiger partial charge in [0.15, 0.2) is 0 Å². The summed E-state index contributed by atoms with van der Waals surface area (Å²) < 4.78 is 5.68. The van der Waals surface area contributed by atoms with E-state index in [2.05, 4.69) is 40.2 Å². The number of benzene rings is 1. The van der Waals surface area contributed by atoms with Crippen molar-refractivity contribution in [3.63, 3.8) is 0 Å². The Labute approximate surface area is 93.6 Å². The zero-order chi connectivity index (χ0) is 9.80. The van der Waals surface area contributed by atoms with E-state index in [0.29, 0.717) is 6.10 Å². The third-order valence-corrected chi connectivity index (χ3v) is 2.91. The van der Waals surface area contributed by atoms with Crippen molar-refractivity contribution in [3.05, 3.63) is 29.8 Å². The Morgan fingerprint density at radius 2 is 1.93 bits per heavy atom. The molecule has 0 saturated heterocycles. The number of rotatable bonds is 5. The van der Waals surface area contributed by atoms with Crippen molar-refractivity contribution in [1.29, 1.82) is 0 Å². The Bertz CT molecular complexity index is 277. The molecule has 1 nitrogen and oxygen atoms in total. The number of alkyl halides is 1. The van der Waals surface area contributed by atoms with Crippen molar-refractivity contribution in [3.8, 4) is 5.75 Å². The lowest BCUT2D eigenvalue weighted by Crippen LogP contribution is -1.95. The van der Waals surface area contributed by atoms with E-state index in [0.717, 1.165) is 17.5 Å². The van der Waals surface area contributed by atoms with Crippen LogP contribution in [0, 0.1) is 0 Å². The SMILES string of the molecule is BrCCCc1ccc(OC2CC2)cc1. The highest BCUT2D eigenvalue weighted by molar-refractivity contribution is 9.09. The van der Waals surface area contributed by atoms with Crippen molar-refractivity contribution in [1.82, 2.24) is 0 Å². The minimum Gasteiger partial charge on any atom is -0.490 e. The number of ether oxygens (including phenoxy) is 1. The van der Waals surface area contributed by atoms with Crippen LogP contribution in [0.2, 0.25) is 0 Å². The van der Waals surface area contributed by atoms with Gasteiger partial charge in [-0.05, 0) is 43.4 Å². The second kappa shape index (κ2) is 4.83. The van der Waals surface area contributed by atoms with Crippen molar-refractivity contribution < 1.29 is 4.74 Å². The van der Waals surface area contributed by atoms with E-state index in [-0.39, 0.29) is 0 Å². The average molecular weight is 255 g/mol. The molecular weight excluding hydrogens is 240 g/mol. The predicted molar refractivity (Wildman–Crippen MR) is 62.2 cm³/mol. The van der Waals surface area contributed by atoms with Crippen LogP contribution in [0.5, 0.6) is 5.75 Å². The monoisotopic (exact) mass is 254 g/mol. The Morgan fingerprint density at radius 3 is 2.50 bits per heavy atom. The second-order valence-electron chi connectivity index (χ2n) is 3.75. The highest BCUT2D eigenvalue weighted by Gasteiger charge is 2.23. The quantitative estimate of drug-likeness (QED) is 0.731. The lowest BCUT2D eigenvalue weighted by Gasteiger charge is -2.05. The van der Waals surface area contributed by atoms with Gasteiger partial charge in [0.2, 0.25) is 0 Å². The molecule has 0 unspecified atom stereocenters. The molecule has 0 spiro atoms. The van der Waals surface area contributed by atoms with E-state index in [1.807, 2.05) is 0 Å². The first-order valence-corrected chi connectivity index (χ1v) is 6.32. The molecule has 1 aliphatic rings. The minimum absolute atomic E-state index is 0.503. The molecule has 0 radical (unpaired) electrons. The van der Waals surface area contributed by atoms with Crippen LogP contribution in [0.25, 0.3) is 0 Å². The maximum absolute atomic E-state index is 5.68. The molecule has 0 amide bonds. The van der Waals surface area contributed by atoms with E-state index in [9.17, 15) is 0 Å². The number of hydrogen-bond donors (Lipinski definition) is 0. The van der Waals surface area contributed by atoms with Gasteiger partial charge in [-0.25, -0.2) is 0 Å². The van der Waals surface area contributed by atoms with Crippen LogP contribution in [-0.2, 0) is 6.42 Å². The molecule has 1 aromatic carbocycles. The molecule has 2 heteroatoms. The van der Waals surface area contributed by atoms with Gasteiger partial charge in [-0.2, -0.15) is 0 Å². The van der Waals surface area contributed by atoms with Crippen molar-refractivity contribution >= 4 is 15.9 Å². The molecule has 1 aliphatic carbocycles. The molecule has 0 atom stereocenters. The van der Waals surface area contributed by atoms with Crippen LogP contribution >= 0.6 is 15.9 Å². The Morgan fingerprint density at radius 1 is 1.21 bits per heavy atom. The van der Waals surface area contributed by atoms with Gasteiger partial charge in [0.05, 0.1) is 6.10 Å². The molecule has 1 aromatic rings. The van der Waals surface area contributed by atoms with Gasteiger partial charge in [0.1, 0.15) is 5.75 Å². The predicted octanol–water partition coefficient (Wildman–Crippen LogP) is 3.56. The molecule has 14 heavy (non-hydrogen) atoms. The lowest BCUT2D eigenvalue weighted by atomic mass is 10.1. The summed E-state index contributed by atoms with van der Waals surface area (Å²) in [5.41, 5.74) is 1.40. The molecule has 0 N–H and O–H groups in total. The summed E-state index contributed by atoms with van der Waals surface area (Å²) in [6.07, 6.45) is 5.30. The highest BCUT2D eigenvalue weighted by atomic mass is 79.9. The summed E-state index contributed by atoms with van der Waals surface area (Å²) in [6.45, 7) is 0. The zero-order valence-electron chi connectivity index (χ0n) is 8.21. The number of hydrogen-bond acceptors (Lipinski definition) is 1.